The molecule has 0 radical (unpaired) electrons. The zero-order valence-corrected chi connectivity index (χ0v) is 15.5. The predicted octanol–water partition coefficient (Wildman–Crippen LogP) is 4.62. The van der Waals surface area contributed by atoms with Crippen molar-refractivity contribution in [1.82, 2.24) is 0 Å². The summed E-state index contributed by atoms with van der Waals surface area (Å²) in [7, 11) is 1.50. The van der Waals surface area contributed by atoms with Crippen LogP contribution in [0.1, 0.15) is 24.5 Å². The normalized spacial score (nSPS) is 14.9. The molecule has 140 valence electrons. The van der Waals surface area contributed by atoms with E-state index in [4.69, 9.17) is 25.8 Å². The fourth-order valence-electron chi connectivity index (χ4n) is 2.48. The first kappa shape index (κ1) is 18.9. The van der Waals surface area contributed by atoms with Crippen molar-refractivity contribution < 1.29 is 23.4 Å². The van der Waals surface area contributed by atoms with Crippen LogP contribution in [-0.4, -0.2) is 25.6 Å². The molecule has 5 nitrogen and oxygen atoms in total. The van der Waals surface area contributed by atoms with Crippen LogP contribution >= 0.6 is 11.6 Å². The number of cyclic esters (lactones) is 1. The topological polar surface area (TPSA) is 57.1 Å². The quantitative estimate of drug-likeness (QED) is 0.534. The third kappa shape index (κ3) is 4.11. The van der Waals surface area contributed by atoms with Gasteiger partial charge in [-0.2, -0.15) is 0 Å². The van der Waals surface area contributed by atoms with Crippen molar-refractivity contribution in [2.24, 2.45) is 4.99 Å². The highest BCUT2D eigenvalue weighted by atomic mass is 35.5. The minimum atomic E-state index is -0.672. The standard InChI is InChI=1S/C20H17ClFNO4/c1-3-8-26-18-14(21)9-12(11-17(18)25-2)10-16-20(24)27-19(23-16)13-6-4-5-7-15(13)22/h4-7,9-11H,3,8H2,1-2H3. The largest absolute Gasteiger partial charge is 0.493 e. The average Bonchev–Trinajstić information content (AvgIpc) is 3.01. The molecule has 7 heteroatoms. The van der Waals surface area contributed by atoms with Crippen molar-refractivity contribution in [3.63, 3.8) is 0 Å². The van der Waals surface area contributed by atoms with E-state index in [-0.39, 0.29) is 17.2 Å². The average molecular weight is 390 g/mol. The van der Waals surface area contributed by atoms with Crippen LogP contribution in [-0.2, 0) is 9.53 Å². The molecule has 0 amide bonds. The van der Waals surface area contributed by atoms with Crippen LogP contribution in [0, 0.1) is 5.82 Å². The van der Waals surface area contributed by atoms with Gasteiger partial charge in [0.25, 0.3) is 0 Å². The number of rotatable bonds is 6. The molecule has 1 aliphatic rings. The van der Waals surface area contributed by atoms with Gasteiger partial charge in [0, 0.05) is 0 Å². The van der Waals surface area contributed by atoms with Crippen molar-refractivity contribution in [1.29, 1.82) is 0 Å². The molecule has 2 aromatic carbocycles. The van der Waals surface area contributed by atoms with E-state index in [0.717, 1.165) is 6.42 Å². The van der Waals surface area contributed by atoms with Crippen molar-refractivity contribution in [2.75, 3.05) is 13.7 Å². The minimum absolute atomic E-state index is 0.0357. The number of ether oxygens (including phenoxy) is 3. The Labute approximate surface area is 161 Å². The number of carbonyl (C=O) groups excluding carboxylic acids is 1. The lowest BCUT2D eigenvalue weighted by atomic mass is 10.1. The van der Waals surface area contributed by atoms with Gasteiger partial charge in [0.15, 0.2) is 17.2 Å². The molecule has 27 heavy (non-hydrogen) atoms. The molecular weight excluding hydrogens is 373 g/mol. The van der Waals surface area contributed by atoms with Gasteiger partial charge >= 0.3 is 5.97 Å². The summed E-state index contributed by atoms with van der Waals surface area (Å²) in [6.45, 7) is 2.48. The number of halogens is 2. The van der Waals surface area contributed by atoms with E-state index < -0.39 is 11.8 Å². The van der Waals surface area contributed by atoms with Crippen LogP contribution in [0.5, 0.6) is 11.5 Å². The van der Waals surface area contributed by atoms with Crippen LogP contribution in [0.2, 0.25) is 5.02 Å². The highest BCUT2D eigenvalue weighted by molar-refractivity contribution is 6.32. The van der Waals surface area contributed by atoms with Crippen LogP contribution < -0.4 is 9.47 Å². The lowest BCUT2D eigenvalue weighted by Crippen LogP contribution is -2.07. The second-order valence-corrected chi connectivity index (χ2v) is 6.11. The number of hydrogen-bond donors (Lipinski definition) is 0. The highest BCUT2D eigenvalue weighted by Crippen LogP contribution is 2.37. The number of aliphatic imine (C=N–C) groups is 1. The molecule has 0 aliphatic carbocycles. The molecule has 0 saturated carbocycles. The molecule has 0 N–H and O–H groups in total. The molecule has 1 heterocycles. The first-order valence-corrected chi connectivity index (χ1v) is 8.69. The number of esters is 1. The van der Waals surface area contributed by atoms with Gasteiger partial charge in [-0.25, -0.2) is 14.2 Å². The maximum absolute atomic E-state index is 13.9. The van der Waals surface area contributed by atoms with Gasteiger partial charge in [0.2, 0.25) is 5.90 Å². The van der Waals surface area contributed by atoms with Gasteiger partial charge < -0.3 is 14.2 Å². The van der Waals surface area contributed by atoms with Crippen molar-refractivity contribution >= 4 is 29.5 Å². The molecule has 0 bridgehead atoms. The zero-order valence-electron chi connectivity index (χ0n) is 14.8. The summed E-state index contributed by atoms with van der Waals surface area (Å²) in [6, 6.07) is 9.25. The zero-order chi connectivity index (χ0) is 19.4. The Kier molecular flexibility index (Phi) is 5.76. The van der Waals surface area contributed by atoms with E-state index >= 15 is 0 Å². The van der Waals surface area contributed by atoms with Crippen LogP contribution in [0.4, 0.5) is 4.39 Å². The molecule has 0 aromatic heterocycles. The minimum Gasteiger partial charge on any atom is -0.493 e. The third-order valence-electron chi connectivity index (χ3n) is 3.73. The van der Waals surface area contributed by atoms with Crippen LogP contribution in [0.3, 0.4) is 0 Å². The number of carbonyl (C=O) groups is 1. The lowest BCUT2D eigenvalue weighted by molar-refractivity contribution is -0.129. The first-order valence-electron chi connectivity index (χ1n) is 8.31. The summed E-state index contributed by atoms with van der Waals surface area (Å²) in [4.78, 5) is 16.2. The summed E-state index contributed by atoms with van der Waals surface area (Å²) in [5.41, 5.74) is 0.730. The molecule has 0 spiro atoms. The molecule has 1 aliphatic heterocycles. The fourth-order valence-corrected chi connectivity index (χ4v) is 2.76. The molecule has 0 atom stereocenters. The Morgan fingerprint density at radius 1 is 1.30 bits per heavy atom. The Morgan fingerprint density at radius 3 is 2.78 bits per heavy atom. The van der Waals surface area contributed by atoms with E-state index in [9.17, 15) is 9.18 Å². The van der Waals surface area contributed by atoms with E-state index in [1.165, 1.54) is 25.3 Å². The number of methoxy groups -OCH3 is 1. The van der Waals surface area contributed by atoms with E-state index in [2.05, 4.69) is 4.99 Å². The Bertz CT molecular complexity index is 940. The van der Waals surface area contributed by atoms with Crippen LogP contribution in [0.15, 0.2) is 47.1 Å². The maximum atomic E-state index is 13.9. The van der Waals surface area contributed by atoms with Crippen molar-refractivity contribution in [2.45, 2.75) is 13.3 Å². The van der Waals surface area contributed by atoms with Gasteiger partial charge in [0.1, 0.15) is 5.82 Å². The smallest absolute Gasteiger partial charge is 0.363 e. The van der Waals surface area contributed by atoms with E-state index in [1.54, 1.807) is 24.3 Å². The summed E-state index contributed by atoms with van der Waals surface area (Å²) in [6.07, 6.45) is 2.32. The second-order valence-electron chi connectivity index (χ2n) is 5.70. The van der Waals surface area contributed by atoms with Crippen LogP contribution in [0.25, 0.3) is 6.08 Å². The summed E-state index contributed by atoms with van der Waals surface area (Å²) in [5.74, 6) is -0.396. The Hall–Kier alpha value is -2.86. The molecule has 3 rings (SSSR count). The Balaban J connectivity index is 1.95. The number of nitrogens with zero attached hydrogens (tertiary/aromatic N) is 1. The summed E-state index contributed by atoms with van der Waals surface area (Å²) in [5, 5.41) is 0.347. The monoisotopic (exact) mass is 389 g/mol. The first-order chi connectivity index (χ1) is 13.0. The maximum Gasteiger partial charge on any atom is 0.363 e. The van der Waals surface area contributed by atoms with Gasteiger partial charge in [-0.05, 0) is 42.3 Å². The summed E-state index contributed by atoms with van der Waals surface area (Å²) < 4.78 is 29.9. The lowest BCUT2D eigenvalue weighted by Gasteiger charge is -2.12. The fraction of sp³-hybridized carbons (Fsp3) is 0.200. The van der Waals surface area contributed by atoms with E-state index in [0.29, 0.717) is 28.7 Å². The van der Waals surface area contributed by atoms with Gasteiger partial charge in [-0.3, -0.25) is 0 Å². The summed E-state index contributed by atoms with van der Waals surface area (Å²) >= 11 is 6.28. The van der Waals surface area contributed by atoms with Crippen molar-refractivity contribution in [3.8, 4) is 11.5 Å². The molecule has 0 saturated heterocycles. The number of benzene rings is 2. The molecular formula is C20H17ClFNO4. The van der Waals surface area contributed by atoms with Crippen molar-refractivity contribution in [3.05, 3.63) is 64.1 Å². The number of hydrogen-bond acceptors (Lipinski definition) is 5. The SMILES string of the molecule is CCCOc1c(Cl)cc(C=C2N=C(c3ccccc3F)OC2=O)cc1OC. The second kappa shape index (κ2) is 8.22. The third-order valence-corrected chi connectivity index (χ3v) is 4.01. The van der Waals surface area contributed by atoms with Gasteiger partial charge in [-0.1, -0.05) is 30.7 Å². The van der Waals surface area contributed by atoms with Gasteiger partial charge in [0.05, 0.1) is 24.3 Å². The van der Waals surface area contributed by atoms with Gasteiger partial charge in [-0.15, -0.1) is 0 Å². The Morgan fingerprint density at radius 2 is 2.07 bits per heavy atom. The molecule has 0 unspecified atom stereocenters. The molecule has 2 aromatic rings. The highest BCUT2D eigenvalue weighted by Gasteiger charge is 2.26. The molecule has 0 fully saturated rings. The van der Waals surface area contributed by atoms with E-state index in [1.807, 2.05) is 6.92 Å². The predicted molar refractivity (Wildman–Crippen MR) is 101 cm³/mol.